The van der Waals surface area contributed by atoms with Crippen LogP contribution < -0.4 is 0 Å². The molecular weight excluding hydrogens is 204 g/mol. The average molecular weight is 225 g/mol. The van der Waals surface area contributed by atoms with Crippen LogP contribution in [-0.2, 0) is 0 Å². The fourth-order valence-corrected chi connectivity index (χ4v) is 2.51. The third-order valence-electron chi connectivity index (χ3n) is 3.52. The van der Waals surface area contributed by atoms with Gasteiger partial charge in [0.15, 0.2) is 0 Å². The van der Waals surface area contributed by atoms with E-state index in [2.05, 4.69) is 56.3 Å². The maximum atomic E-state index is 4.12. The van der Waals surface area contributed by atoms with E-state index in [1.54, 1.807) is 0 Å². The zero-order chi connectivity index (χ0) is 12.1. The lowest BCUT2D eigenvalue weighted by Gasteiger charge is -2.17. The number of hydrogen-bond acceptors (Lipinski definition) is 0. The molecule has 0 aliphatic carbocycles. The molecule has 17 heavy (non-hydrogen) atoms. The molecule has 0 bridgehead atoms. The second kappa shape index (κ2) is 5.86. The van der Waals surface area contributed by atoms with E-state index in [0.717, 1.165) is 6.42 Å². The maximum absolute atomic E-state index is 4.12. The molecule has 0 aliphatic rings. The Morgan fingerprint density at radius 2 is 1.82 bits per heavy atom. The minimum Gasteiger partial charge on any atom is -0.0654 e. The highest BCUT2D eigenvalue weighted by Crippen LogP contribution is 2.31. The Hall–Kier alpha value is -1.30. The van der Waals surface area contributed by atoms with E-state index in [9.17, 15) is 0 Å². The molecule has 89 valence electrons. The number of hydrogen-bond donors (Lipinski definition) is 0. The van der Waals surface area contributed by atoms with Gasteiger partial charge in [-0.05, 0) is 35.1 Å². The largest absolute Gasteiger partial charge is 0.0654 e. The van der Waals surface area contributed by atoms with Crippen LogP contribution >= 0.6 is 0 Å². The summed E-state index contributed by atoms with van der Waals surface area (Å²) >= 11 is 0. The van der Waals surface area contributed by atoms with Crippen LogP contribution in [0, 0.1) is 6.92 Å². The maximum Gasteiger partial charge on any atom is -0.0149 e. The van der Waals surface area contributed by atoms with Crippen molar-refractivity contribution in [1.82, 2.24) is 0 Å². The van der Waals surface area contributed by atoms with Crippen molar-refractivity contribution >= 4 is 10.8 Å². The van der Waals surface area contributed by atoms with Crippen LogP contribution in [0.1, 0.15) is 44.1 Å². The van der Waals surface area contributed by atoms with Crippen LogP contribution in [0.4, 0.5) is 0 Å². The van der Waals surface area contributed by atoms with Crippen LogP contribution in [0.3, 0.4) is 0 Å². The van der Waals surface area contributed by atoms with Crippen molar-refractivity contribution in [2.75, 3.05) is 0 Å². The molecule has 0 spiro atoms. The standard InChI is InChI=1S/C17H21/c1-3-5-9-14(4-2)16-13-8-11-15-10-6-7-12-17(15)16/h6-8,10-14H,2-5,9H2,1H3. The van der Waals surface area contributed by atoms with Crippen molar-refractivity contribution in [1.29, 1.82) is 0 Å². The van der Waals surface area contributed by atoms with Gasteiger partial charge in [-0.25, -0.2) is 0 Å². The zero-order valence-corrected chi connectivity index (χ0v) is 10.7. The van der Waals surface area contributed by atoms with Gasteiger partial charge in [-0.3, -0.25) is 0 Å². The smallest absolute Gasteiger partial charge is 0.0149 e. The fourth-order valence-electron chi connectivity index (χ4n) is 2.51. The first-order valence-corrected chi connectivity index (χ1v) is 6.63. The summed E-state index contributed by atoms with van der Waals surface area (Å²) in [5.74, 6) is 0.612. The molecule has 1 radical (unpaired) electrons. The summed E-state index contributed by atoms with van der Waals surface area (Å²) in [6.45, 7) is 6.38. The summed E-state index contributed by atoms with van der Waals surface area (Å²) in [4.78, 5) is 0. The molecule has 0 saturated carbocycles. The molecule has 2 aromatic carbocycles. The zero-order valence-electron chi connectivity index (χ0n) is 10.7. The van der Waals surface area contributed by atoms with Crippen LogP contribution in [0.2, 0.25) is 0 Å². The SMILES string of the molecule is [CH2]CC(CCCC)c1cccc2ccccc12. The highest BCUT2D eigenvalue weighted by atomic mass is 14.2. The van der Waals surface area contributed by atoms with E-state index in [0.29, 0.717) is 5.92 Å². The molecule has 0 heterocycles. The van der Waals surface area contributed by atoms with Gasteiger partial charge >= 0.3 is 0 Å². The Kier molecular flexibility index (Phi) is 4.19. The Balaban J connectivity index is 2.38. The van der Waals surface area contributed by atoms with E-state index < -0.39 is 0 Å². The van der Waals surface area contributed by atoms with Crippen LogP contribution in [0.15, 0.2) is 42.5 Å². The quantitative estimate of drug-likeness (QED) is 0.644. The van der Waals surface area contributed by atoms with Gasteiger partial charge in [0.05, 0.1) is 0 Å². The van der Waals surface area contributed by atoms with Gasteiger partial charge in [0, 0.05) is 0 Å². The molecule has 0 amide bonds. The Morgan fingerprint density at radius 1 is 1.06 bits per heavy atom. The molecule has 1 atom stereocenters. The summed E-state index contributed by atoms with van der Waals surface area (Å²) in [5, 5.41) is 2.75. The van der Waals surface area contributed by atoms with Crippen molar-refractivity contribution < 1.29 is 0 Å². The summed E-state index contributed by atoms with van der Waals surface area (Å²) in [6, 6.07) is 15.3. The molecule has 2 rings (SSSR count). The van der Waals surface area contributed by atoms with Crippen molar-refractivity contribution in [2.24, 2.45) is 0 Å². The van der Waals surface area contributed by atoms with Gasteiger partial charge in [-0.15, -0.1) is 0 Å². The average Bonchev–Trinajstić information content (AvgIpc) is 2.40. The minimum absolute atomic E-state index is 0.612. The van der Waals surface area contributed by atoms with E-state index in [-0.39, 0.29) is 0 Å². The molecule has 0 N–H and O–H groups in total. The molecule has 0 saturated heterocycles. The van der Waals surface area contributed by atoms with Gasteiger partial charge in [0.25, 0.3) is 0 Å². The lowest BCUT2D eigenvalue weighted by molar-refractivity contribution is 0.592. The molecule has 1 unspecified atom stereocenters. The highest BCUT2D eigenvalue weighted by molar-refractivity contribution is 5.86. The molecule has 0 aromatic heterocycles. The molecule has 0 aliphatic heterocycles. The second-order valence-corrected chi connectivity index (χ2v) is 4.70. The number of unbranched alkanes of at least 4 members (excludes halogenated alkanes) is 1. The summed E-state index contributed by atoms with van der Waals surface area (Å²) in [7, 11) is 0. The van der Waals surface area contributed by atoms with E-state index in [4.69, 9.17) is 0 Å². The van der Waals surface area contributed by atoms with Crippen molar-refractivity contribution in [3.05, 3.63) is 55.0 Å². The number of rotatable bonds is 5. The third-order valence-corrected chi connectivity index (χ3v) is 3.52. The third kappa shape index (κ3) is 2.69. The van der Waals surface area contributed by atoms with Crippen LogP contribution in [0.5, 0.6) is 0 Å². The fraction of sp³-hybridized carbons (Fsp3) is 0.353. The van der Waals surface area contributed by atoms with Gasteiger partial charge in [-0.1, -0.05) is 69.2 Å². The second-order valence-electron chi connectivity index (χ2n) is 4.70. The van der Waals surface area contributed by atoms with Crippen molar-refractivity contribution in [3.63, 3.8) is 0 Å². The first kappa shape index (κ1) is 12.2. The molecule has 2 aromatic rings. The molecular formula is C17H21. The van der Waals surface area contributed by atoms with Crippen LogP contribution in [0.25, 0.3) is 10.8 Å². The lowest BCUT2D eigenvalue weighted by atomic mass is 9.88. The Labute approximate surface area is 105 Å². The number of benzene rings is 2. The molecule has 0 nitrogen and oxygen atoms in total. The predicted molar refractivity (Wildman–Crippen MR) is 76.2 cm³/mol. The van der Waals surface area contributed by atoms with Gasteiger partial charge in [-0.2, -0.15) is 0 Å². The number of fused-ring (bicyclic) bond motifs is 1. The summed E-state index contributed by atoms with van der Waals surface area (Å²) in [6.07, 6.45) is 4.81. The minimum atomic E-state index is 0.612. The molecule has 0 heteroatoms. The Morgan fingerprint density at radius 3 is 2.59 bits per heavy atom. The monoisotopic (exact) mass is 225 g/mol. The van der Waals surface area contributed by atoms with E-state index >= 15 is 0 Å². The first-order chi connectivity index (χ1) is 8.36. The van der Waals surface area contributed by atoms with Crippen molar-refractivity contribution in [2.45, 2.75) is 38.5 Å². The topological polar surface area (TPSA) is 0 Å². The molecule has 0 fully saturated rings. The van der Waals surface area contributed by atoms with Crippen LogP contribution in [-0.4, -0.2) is 0 Å². The van der Waals surface area contributed by atoms with Crippen molar-refractivity contribution in [3.8, 4) is 0 Å². The first-order valence-electron chi connectivity index (χ1n) is 6.63. The van der Waals surface area contributed by atoms with Gasteiger partial charge in [0.1, 0.15) is 0 Å². The van der Waals surface area contributed by atoms with Gasteiger partial charge in [0.2, 0.25) is 0 Å². The lowest BCUT2D eigenvalue weighted by Crippen LogP contribution is -1.98. The normalized spacial score (nSPS) is 12.8. The summed E-state index contributed by atoms with van der Waals surface area (Å²) in [5.41, 5.74) is 1.48. The highest BCUT2D eigenvalue weighted by Gasteiger charge is 2.11. The Bertz CT molecular complexity index is 465. The summed E-state index contributed by atoms with van der Waals surface area (Å²) < 4.78 is 0. The van der Waals surface area contributed by atoms with Gasteiger partial charge < -0.3 is 0 Å². The van der Waals surface area contributed by atoms with E-state index in [1.165, 1.54) is 35.6 Å². The van der Waals surface area contributed by atoms with E-state index in [1.807, 2.05) is 0 Å². The predicted octanol–water partition coefficient (Wildman–Crippen LogP) is 5.34.